The molecule has 0 bridgehead atoms. The molecular weight excluding hydrogens is 297 g/mol. The molecule has 1 unspecified atom stereocenters. The third-order valence-electron chi connectivity index (χ3n) is 3.27. The second kappa shape index (κ2) is 8.08. The average molecular weight is 320 g/mol. The van der Waals surface area contributed by atoms with Crippen LogP contribution < -0.4 is 10.1 Å². The van der Waals surface area contributed by atoms with Crippen LogP contribution in [-0.2, 0) is 0 Å². The van der Waals surface area contributed by atoms with Crippen molar-refractivity contribution in [3.63, 3.8) is 0 Å². The van der Waals surface area contributed by atoms with Gasteiger partial charge in [0, 0.05) is 19.2 Å². The summed E-state index contributed by atoms with van der Waals surface area (Å²) in [5.41, 5.74) is 0.240. The van der Waals surface area contributed by atoms with Gasteiger partial charge in [0.15, 0.2) is 0 Å². The molecule has 20 heavy (non-hydrogen) atoms. The Bertz CT molecular complexity index is 424. The Morgan fingerprint density at radius 1 is 1.30 bits per heavy atom. The van der Waals surface area contributed by atoms with Gasteiger partial charge in [0.1, 0.15) is 18.5 Å². The van der Waals surface area contributed by atoms with E-state index in [1.807, 2.05) is 0 Å². The molecule has 2 N–H and O–H groups in total. The standard InChI is InChI=1S/C15H23Cl2NO2/c1-4-15(2,3)10-18-8-11(19)9-20-12-5-6-13(16)14(17)7-12/h5-7,11,18-19H,4,8-10H2,1-3H3. The summed E-state index contributed by atoms with van der Waals surface area (Å²) in [6.07, 6.45) is 0.535. The number of ether oxygens (including phenoxy) is 1. The van der Waals surface area contributed by atoms with Crippen LogP contribution in [0.3, 0.4) is 0 Å². The Morgan fingerprint density at radius 3 is 2.60 bits per heavy atom. The molecule has 0 aromatic heterocycles. The Hall–Kier alpha value is -0.480. The van der Waals surface area contributed by atoms with Gasteiger partial charge in [0.05, 0.1) is 10.0 Å². The molecule has 0 saturated heterocycles. The fraction of sp³-hybridized carbons (Fsp3) is 0.600. The number of benzene rings is 1. The van der Waals surface area contributed by atoms with Crippen molar-refractivity contribution < 1.29 is 9.84 Å². The van der Waals surface area contributed by atoms with Crippen molar-refractivity contribution in [1.82, 2.24) is 5.32 Å². The van der Waals surface area contributed by atoms with E-state index in [0.717, 1.165) is 13.0 Å². The molecule has 0 aliphatic carbocycles. The number of aliphatic hydroxyl groups excluding tert-OH is 1. The van der Waals surface area contributed by atoms with Crippen molar-refractivity contribution in [3.8, 4) is 5.75 Å². The first-order valence-corrected chi connectivity index (χ1v) is 7.56. The molecule has 0 aliphatic heterocycles. The molecule has 0 saturated carbocycles. The molecule has 0 heterocycles. The van der Waals surface area contributed by atoms with E-state index in [1.165, 1.54) is 0 Å². The van der Waals surface area contributed by atoms with E-state index in [9.17, 15) is 5.11 Å². The summed E-state index contributed by atoms with van der Waals surface area (Å²) in [5.74, 6) is 0.604. The maximum Gasteiger partial charge on any atom is 0.121 e. The summed E-state index contributed by atoms with van der Waals surface area (Å²) < 4.78 is 5.48. The first-order valence-electron chi connectivity index (χ1n) is 6.80. The van der Waals surface area contributed by atoms with Crippen molar-refractivity contribution >= 4 is 23.2 Å². The number of hydrogen-bond donors (Lipinski definition) is 2. The molecule has 0 amide bonds. The summed E-state index contributed by atoms with van der Waals surface area (Å²) in [6, 6.07) is 5.05. The quantitative estimate of drug-likeness (QED) is 0.766. The molecule has 0 spiro atoms. The van der Waals surface area contributed by atoms with Crippen molar-refractivity contribution in [1.29, 1.82) is 0 Å². The normalized spacial score (nSPS) is 13.3. The summed E-state index contributed by atoms with van der Waals surface area (Å²) in [4.78, 5) is 0. The first kappa shape index (κ1) is 17.6. The first-order chi connectivity index (χ1) is 9.34. The smallest absolute Gasteiger partial charge is 0.121 e. The molecule has 5 heteroatoms. The van der Waals surface area contributed by atoms with Gasteiger partial charge in [-0.25, -0.2) is 0 Å². The van der Waals surface area contributed by atoms with Gasteiger partial charge < -0.3 is 15.2 Å². The van der Waals surface area contributed by atoms with Gasteiger partial charge in [-0.15, -0.1) is 0 Å². The van der Waals surface area contributed by atoms with Gasteiger partial charge in [-0.05, 0) is 24.0 Å². The number of rotatable bonds is 8. The van der Waals surface area contributed by atoms with Crippen LogP contribution in [0.5, 0.6) is 5.75 Å². The van der Waals surface area contributed by atoms with Crippen molar-refractivity contribution in [2.45, 2.75) is 33.3 Å². The lowest BCUT2D eigenvalue weighted by atomic mass is 9.90. The molecule has 0 radical (unpaired) electrons. The van der Waals surface area contributed by atoms with Gasteiger partial charge >= 0.3 is 0 Å². The van der Waals surface area contributed by atoms with E-state index in [-0.39, 0.29) is 12.0 Å². The van der Waals surface area contributed by atoms with Crippen LogP contribution in [0.15, 0.2) is 18.2 Å². The highest BCUT2D eigenvalue weighted by Gasteiger charge is 2.15. The Balaban J connectivity index is 2.29. The molecule has 114 valence electrons. The van der Waals surface area contributed by atoms with E-state index >= 15 is 0 Å². The van der Waals surface area contributed by atoms with E-state index in [2.05, 4.69) is 26.1 Å². The minimum Gasteiger partial charge on any atom is -0.491 e. The Labute approximate surface area is 131 Å². The van der Waals surface area contributed by atoms with Gasteiger partial charge in [-0.3, -0.25) is 0 Å². The van der Waals surface area contributed by atoms with Crippen LogP contribution >= 0.6 is 23.2 Å². The predicted molar refractivity (Wildman–Crippen MR) is 84.9 cm³/mol. The van der Waals surface area contributed by atoms with Crippen LogP contribution in [0.1, 0.15) is 27.2 Å². The molecule has 3 nitrogen and oxygen atoms in total. The topological polar surface area (TPSA) is 41.5 Å². The summed E-state index contributed by atoms with van der Waals surface area (Å²) in [6.45, 7) is 8.14. The van der Waals surface area contributed by atoms with Crippen LogP contribution in [0.4, 0.5) is 0 Å². The lowest BCUT2D eigenvalue weighted by Crippen LogP contribution is -2.36. The lowest BCUT2D eigenvalue weighted by molar-refractivity contribution is 0.103. The second-order valence-electron chi connectivity index (χ2n) is 5.69. The minimum atomic E-state index is -0.558. The maximum absolute atomic E-state index is 9.86. The molecule has 0 aliphatic rings. The van der Waals surface area contributed by atoms with Gasteiger partial charge in [0.2, 0.25) is 0 Å². The zero-order valence-corrected chi connectivity index (χ0v) is 13.8. The van der Waals surface area contributed by atoms with E-state index in [0.29, 0.717) is 22.3 Å². The fourth-order valence-corrected chi connectivity index (χ4v) is 1.81. The SMILES string of the molecule is CCC(C)(C)CNCC(O)COc1ccc(Cl)c(Cl)c1. The number of hydrogen-bond acceptors (Lipinski definition) is 3. The fourth-order valence-electron chi connectivity index (χ4n) is 1.52. The van der Waals surface area contributed by atoms with Crippen LogP contribution in [-0.4, -0.2) is 30.9 Å². The van der Waals surface area contributed by atoms with Gasteiger partial charge in [-0.2, -0.15) is 0 Å². The van der Waals surface area contributed by atoms with Crippen molar-refractivity contribution in [2.24, 2.45) is 5.41 Å². The van der Waals surface area contributed by atoms with E-state index in [4.69, 9.17) is 27.9 Å². The average Bonchev–Trinajstić information content (AvgIpc) is 2.40. The lowest BCUT2D eigenvalue weighted by Gasteiger charge is -2.24. The third kappa shape index (κ3) is 6.31. The molecule has 1 atom stereocenters. The van der Waals surface area contributed by atoms with Crippen LogP contribution in [0.25, 0.3) is 0 Å². The Morgan fingerprint density at radius 2 is 2.00 bits per heavy atom. The van der Waals surface area contributed by atoms with Crippen LogP contribution in [0.2, 0.25) is 10.0 Å². The zero-order valence-electron chi connectivity index (χ0n) is 12.2. The predicted octanol–water partition coefficient (Wildman–Crippen LogP) is 3.76. The van der Waals surface area contributed by atoms with Gasteiger partial charge in [0.25, 0.3) is 0 Å². The molecule has 1 rings (SSSR count). The van der Waals surface area contributed by atoms with Crippen molar-refractivity contribution in [3.05, 3.63) is 28.2 Å². The highest BCUT2D eigenvalue weighted by molar-refractivity contribution is 6.42. The van der Waals surface area contributed by atoms with Crippen molar-refractivity contribution in [2.75, 3.05) is 19.7 Å². The second-order valence-corrected chi connectivity index (χ2v) is 6.50. The molecular formula is C15H23Cl2NO2. The summed E-state index contributed by atoms with van der Waals surface area (Å²) in [7, 11) is 0. The minimum absolute atomic E-state index is 0.220. The highest BCUT2D eigenvalue weighted by atomic mass is 35.5. The molecule has 1 aromatic carbocycles. The third-order valence-corrected chi connectivity index (χ3v) is 4.01. The zero-order chi connectivity index (χ0) is 15.2. The number of halogens is 2. The monoisotopic (exact) mass is 319 g/mol. The number of nitrogens with one attached hydrogen (secondary N) is 1. The van der Waals surface area contributed by atoms with E-state index < -0.39 is 6.10 Å². The molecule has 1 aromatic rings. The van der Waals surface area contributed by atoms with Gasteiger partial charge in [-0.1, -0.05) is 44.0 Å². The summed E-state index contributed by atoms with van der Waals surface area (Å²) >= 11 is 11.7. The van der Waals surface area contributed by atoms with Crippen LogP contribution in [0, 0.1) is 5.41 Å². The van der Waals surface area contributed by atoms with E-state index in [1.54, 1.807) is 18.2 Å². The maximum atomic E-state index is 9.86. The summed E-state index contributed by atoms with van der Waals surface area (Å²) in [5, 5.41) is 14.0. The largest absolute Gasteiger partial charge is 0.491 e. The highest BCUT2D eigenvalue weighted by Crippen LogP contribution is 2.26. The Kier molecular flexibility index (Phi) is 7.10. The molecule has 0 fully saturated rings. The number of aliphatic hydroxyl groups is 1.